The molecular formula is C2H7ClN2O3S. The molecule has 0 aliphatic heterocycles. The van der Waals surface area contributed by atoms with Crippen LogP contribution in [0, 0.1) is 0 Å². The lowest BCUT2D eigenvalue weighted by atomic mass is 10.8. The average Bonchev–Trinajstić information content (AvgIpc) is 1.64. The summed E-state index contributed by atoms with van der Waals surface area (Å²) >= 11 is 4.73. The third kappa shape index (κ3) is 4.61. The summed E-state index contributed by atoms with van der Waals surface area (Å²) in [7, 11) is -3.55. The van der Waals surface area contributed by atoms with E-state index in [0.29, 0.717) is 0 Å². The van der Waals surface area contributed by atoms with Crippen LogP contribution in [0.25, 0.3) is 0 Å². The molecule has 0 saturated heterocycles. The zero-order valence-corrected chi connectivity index (χ0v) is 6.07. The van der Waals surface area contributed by atoms with Crippen LogP contribution < -0.4 is 10.7 Å². The summed E-state index contributed by atoms with van der Waals surface area (Å²) in [6.07, 6.45) is 0. The van der Waals surface area contributed by atoms with Crippen LogP contribution in [0.4, 0.5) is 0 Å². The van der Waals surface area contributed by atoms with E-state index in [-0.39, 0.29) is 12.3 Å². The first kappa shape index (κ1) is 9.12. The van der Waals surface area contributed by atoms with Crippen molar-refractivity contribution in [2.45, 2.75) is 0 Å². The molecule has 0 atom stereocenters. The van der Waals surface area contributed by atoms with E-state index in [1.807, 2.05) is 0 Å². The first-order valence-corrected chi connectivity index (χ1v) is 4.05. The van der Waals surface area contributed by atoms with E-state index in [1.165, 1.54) is 5.00 Å². The van der Waals surface area contributed by atoms with Crippen molar-refractivity contribution in [3.05, 3.63) is 0 Å². The van der Waals surface area contributed by atoms with Gasteiger partial charge in [-0.1, -0.05) is 5.00 Å². The van der Waals surface area contributed by atoms with Crippen LogP contribution >= 0.6 is 11.8 Å². The number of nitrogens with one attached hydrogen (secondary N) is 1. The number of nitrogens with two attached hydrogens (primary N) is 1. The number of hydrogen-bond donors (Lipinski definition) is 2. The van der Waals surface area contributed by atoms with Gasteiger partial charge < -0.3 is 5.73 Å². The Kier molecular flexibility index (Phi) is 4.07. The molecule has 9 heavy (non-hydrogen) atoms. The molecule has 0 unspecified atom stereocenters. The predicted octanol–water partition coefficient (Wildman–Crippen LogP) is -1.05. The van der Waals surface area contributed by atoms with E-state index < -0.39 is 10.1 Å². The summed E-state index contributed by atoms with van der Waals surface area (Å²) < 4.78 is 24.6. The smallest absolute Gasteiger partial charge is 0.285 e. The fourth-order valence-corrected chi connectivity index (χ4v) is 0.990. The second-order valence-corrected chi connectivity index (χ2v) is 3.06. The van der Waals surface area contributed by atoms with Gasteiger partial charge in [-0.3, -0.25) is 0 Å². The predicted molar refractivity (Wildman–Crippen MR) is 32.9 cm³/mol. The molecule has 0 aromatic rings. The molecule has 3 N–H and O–H groups in total. The molecular weight excluding hydrogens is 168 g/mol. The second kappa shape index (κ2) is 4.02. The normalized spacial score (nSPS) is 11.8. The van der Waals surface area contributed by atoms with Gasteiger partial charge in [-0.2, -0.15) is 12.7 Å². The van der Waals surface area contributed by atoms with Crippen LogP contribution in [0.1, 0.15) is 0 Å². The molecule has 0 amide bonds. The topological polar surface area (TPSA) is 81.4 Å². The highest BCUT2D eigenvalue weighted by atomic mass is 35.5. The number of rotatable bonds is 4. The Morgan fingerprint density at radius 3 is 2.56 bits per heavy atom. The SMILES string of the molecule is NCCS(=O)(=O)ONCl. The van der Waals surface area contributed by atoms with Crippen molar-refractivity contribution in [2.24, 2.45) is 5.73 Å². The van der Waals surface area contributed by atoms with Crippen LogP contribution in [-0.4, -0.2) is 20.7 Å². The van der Waals surface area contributed by atoms with Crippen LogP contribution in [0.2, 0.25) is 0 Å². The minimum Gasteiger partial charge on any atom is -0.329 e. The highest BCUT2D eigenvalue weighted by molar-refractivity contribution is 7.86. The fraction of sp³-hybridized carbons (Fsp3) is 1.00. The molecule has 0 bridgehead atoms. The Hall–Kier alpha value is 0.120. The molecule has 0 aromatic carbocycles. The van der Waals surface area contributed by atoms with E-state index in [1.54, 1.807) is 0 Å². The fourth-order valence-electron chi connectivity index (χ4n) is 0.234. The van der Waals surface area contributed by atoms with Gasteiger partial charge in [0, 0.05) is 18.3 Å². The molecule has 0 aliphatic rings. The molecule has 0 fully saturated rings. The van der Waals surface area contributed by atoms with Crippen LogP contribution in [0.3, 0.4) is 0 Å². The molecule has 0 spiro atoms. The van der Waals surface area contributed by atoms with Crippen LogP contribution in [0.5, 0.6) is 0 Å². The lowest BCUT2D eigenvalue weighted by Crippen LogP contribution is -2.20. The van der Waals surface area contributed by atoms with Gasteiger partial charge in [0.05, 0.1) is 5.75 Å². The average molecular weight is 175 g/mol. The standard InChI is InChI=1S/C2H7ClN2O3S/c3-5-8-9(6,7)2-1-4/h5H,1-2,4H2. The van der Waals surface area contributed by atoms with Gasteiger partial charge in [-0.05, 0) is 0 Å². The molecule has 0 aliphatic carbocycles. The molecule has 0 aromatic heterocycles. The summed E-state index contributed by atoms with van der Waals surface area (Å²) in [5.74, 6) is -0.243. The molecule has 56 valence electrons. The number of halogens is 1. The zero-order chi connectivity index (χ0) is 7.33. The maximum absolute atomic E-state index is 10.4. The molecule has 7 heteroatoms. The Morgan fingerprint density at radius 2 is 2.22 bits per heavy atom. The van der Waals surface area contributed by atoms with Gasteiger partial charge >= 0.3 is 0 Å². The maximum Gasteiger partial charge on any atom is 0.285 e. The van der Waals surface area contributed by atoms with Crippen molar-refractivity contribution in [2.75, 3.05) is 12.3 Å². The van der Waals surface area contributed by atoms with E-state index in [0.717, 1.165) is 0 Å². The zero-order valence-electron chi connectivity index (χ0n) is 4.50. The molecule has 0 saturated carbocycles. The third-order valence-corrected chi connectivity index (χ3v) is 1.77. The van der Waals surface area contributed by atoms with Gasteiger partial charge in [0.15, 0.2) is 0 Å². The molecule has 0 rings (SSSR count). The van der Waals surface area contributed by atoms with Gasteiger partial charge in [-0.15, -0.1) is 0 Å². The molecule has 0 radical (unpaired) electrons. The lowest BCUT2D eigenvalue weighted by Gasteiger charge is -1.97. The lowest BCUT2D eigenvalue weighted by molar-refractivity contribution is 0.282. The monoisotopic (exact) mass is 174 g/mol. The molecule has 5 nitrogen and oxygen atoms in total. The van der Waals surface area contributed by atoms with Crippen molar-refractivity contribution in [1.29, 1.82) is 0 Å². The van der Waals surface area contributed by atoms with Gasteiger partial charge in [-0.25, -0.2) is 0 Å². The Labute approximate surface area is 58.3 Å². The Bertz CT molecular complexity index is 143. The minimum atomic E-state index is -3.55. The van der Waals surface area contributed by atoms with E-state index >= 15 is 0 Å². The van der Waals surface area contributed by atoms with Crippen molar-refractivity contribution in [3.63, 3.8) is 0 Å². The molecule has 0 heterocycles. The third-order valence-electron chi connectivity index (χ3n) is 0.526. The highest BCUT2D eigenvalue weighted by Crippen LogP contribution is 1.87. The van der Waals surface area contributed by atoms with E-state index in [9.17, 15) is 8.42 Å². The quantitative estimate of drug-likeness (QED) is 0.420. The van der Waals surface area contributed by atoms with Crippen molar-refractivity contribution >= 4 is 21.9 Å². The van der Waals surface area contributed by atoms with E-state index in [4.69, 9.17) is 17.5 Å². The van der Waals surface area contributed by atoms with Crippen molar-refractivity contribution in [1.82, 2.24) is 5.00 Å². The minimum absolute atomic E-state index is 0.0148. The first-order chi connectivity index (χ1) is 4.12. The first-order valence-electron chi connectivity index (χ1n) is 2.09. The van der Waals surface area contributed by atoms with E-state index in [2.05, 4.69) is 4.28 Å². The van der Waals surface area contributed by atoms with Crippen molar-refractivity contribution in [3.8, 4) is 0 Å². The number of hydrogen-bond acceptors (Lipinski definition) is 5. The van der Waals surface area contributed by atoms with Crippen LogP contribution in [-0.2, 0) is 14.4 Å². The largest absolute Gasteiger partial charge is 0.329 e. The second-order valence-electron chi connectivity index (χ2n) is 1.21. The summed E-state index contributed by atoms with van der Waals surface area (Å²) in [6, 6.07) is 0. The van der Waals surface area contributed by atoms with Gasteiger partial charge in [0.25, 0.3) is 10.1 Å². The van der Waals surface area contributed by atoms with Gasteiger partial charge in [0.1, 0.15) is 0 Å². The van der Waals surface area contributed by atoms with Crippen molar-refractivity contribution < 1.29 is 12.7 Å². The summed E-state index contributed by atoms with van der Waals surface area (Å²) in [4.78, 5) is 1.52. The van der Waals surface area contributed by atoms with Crippen LogP contribution in [0.15, 0.2) is 0 Å². The van der Waals surface area contributed by atoms with Gasteiger partial charge in [0.2, 0.25) is 0 Å². The summed E-state index contributed by atoms with van der Waals surface area (Å²) in [5, 5.41) is 0. The highest BCUT2D eigenvalue weighted by Gasteiger charge is 2.07. The Balaban J connectivity index is 3.73. The Morgan fingerprint density at radius 1 is 1.67 bits per heavy atom. The maximum atomic E-state index is 10.4. The summed E-state index contributed by atoms with van der Waals surface area (Å²) in [5.41, 5.74) is 4.91. The summed E-state index contributed by atoms with van der Waals surface area (Å²) in [6.45, 7) is 0.0148.